The van der Waals surface area contributed by atoms with E-state index in [1.165, 1.54) is 0 Å². The molecule has 0 amide bonds. The van der Waals surface area contributed by atoms with E-state index in [4.69, 9.17) is 16.3 Å². The van der Waals surface area contributed by atoms with Crippen molar-refractivity contribution in [3.63, 3.8) is 0 Å². The minimum absolute atomic E-state index is 0.183. The summed E-state index contributed by atoms with van der Waals surface area (Å²) in [5.74, 6) is 0. The van der Waals surface area contributed by atoms with Gasteiger partial charge in [0.2, 0.25) is 0 Å². The Morgan fingerprint density at radius 3 is 2.67 bits per heavy atom. The molecule has 1 heterocycles. The number of halogens is 1. The van der Waals surface area contributed by atoms with Crippen molar-refractivity contribution in [3.8, 4) is 0 Å². The second-order valence-electron chi connectivity index (χ2n) is 2.65. The van der Waals surface area contributed by atoms with Gasteiger partial charge in [-0.2, -0.15) is 0 Å². The first-order chi connectivity index (χ1) is 5.70. The van der Waals surface area contributed by atoms with E-state index in [-0.39, 0.29) is 6.10 Å². The van der Waals surface area contributed by atoms with Crippen molar-refractivity contribution in [2.45, 2.75) is 26.6 Å². The summed E-state index contributed by atoms with van der Waals surface area (Å²) >= 11 is 5.75. The lowest BCUT2D eigenvalue weighted by Gasteiger charge is -2.06. The molecule has 0 spiro atoms. The molecule has 1 rings (SSSR count). The molecule has 0 N–H and O–H groups in total. The van der Waals surface area contributed by atoms with Gasteiger partial charge in [-0.15, -0.1) is 0 Å². The zero-order valence-corrected chi connectivity index (χ0v) is 7.88. The van der Waals surface area contributed by atoms with E-state index in [1.54, 1.807) is 12.4 Å². The number of nitrogens with zero attached hydrogens (tertiary/aromatic N) is 2. The van der Waals surface area contributed by atoms with Crippen molar-refractivity contribution >= 4 is 11.6 Å². The smallest absolute Gasteiger partial charge is 0.152 e. The molecule has 0 radical (unpaired) electrons. The molecule has 0 bridgehead atoms. The van der Waals surface area contributed by atoms with Gasteiger partial charge in [-0.25, -0.2) is 4.98 Å². The first-order valence-electron chi connectivity index (χ1n) is 3.77. The molecule has 3 nitrogen and oxygen atoms in total. The molecule has 0 aliphatic rings. The Kier molecular flexibility index (Phi) is 3.44. The highest BCUT2D eigenvalue weighted by atomic mass is 35.5. The van der Waals surface area contributed by atoms with Crippen LogP contribution in [0.5, 0.6) is 0 Å². The van der Waals surface area contributed by atoms with Crippen LogP contribution >= 0.6 is 11.6 Å². The van der Waals surface area contributed by atoms with Crippen molar-refractivity contribution in [1.82, 2.24) is 9.97 Å². The molecule has 12 heavy (non-hydrogen) atoms. The molecule has 1 aromatic heterocycles. The van der Waals surface area contributed by atoms with Crippen LogP contribution in [0.3, 0.4) is 0 Å². The molecule has 0 saturated heterocycles. The highest BCUT2D eigenvalue weighted by Crippen LogP contribution is 2.10. The van der Waals surface area contributed by atoms with Gasteiger partial charge in [0.25, 0.3) is 0 Å². The van der Waals surface area contributed by atoms with Crippen molar-refractivity contribution in [2.24, 2.45) is 0 Å². The molecular weight excluding hydrogens is 176 g/mol. The lowest BCUT2D eigenvalue weighted by Crippen LogP contribution is -2.04. The van der Waals surface area contributed by atoms with Crippen molar-refractivity contribution in [2.75, 3.05) is 0 Å². The number of ether oxygens (including phenoxy) is 1. The summed E-state index contributed by atoms with van der Waals surface area (Å²) < 4.78 is 5.32. The Balaban J connectivity index is 2.57. The lowest BCUT2D eigenvalue weighted by atomic mass is 10.4. The minimum atomic E-state index is 0.183. The Labute approximate surface area is 76.7 Å². The van der Waals surface area contributed by atoms with Crippen LogP contribution in [-0.2, 0) is 11.3 Å². The predicted octanol–water partition coefficient (Wildman–Crippen LogP) is 2.05. The molecule has 1 aromatic rings. The molecule has 0 unspecified atom stereocenters. The molecular formula is C8H11ClN2O. The molecule has 0 aromatic carbocycles. The highest BCUT2D eigenvalue weighted by molar-refractivity contribution is 6.29. The Morgan fingerprint density at radius 2 is 2.08 bits per heavy atom. The molecule has 0 aliphatic carbocycles. The maximum atomic E-state index is 5.75. The normalized spacial score (nSPS) is 10.7. The SMILES string of the molecule is CC(C)OCc1nccnc1Cl. The molecule has 0 saturated carbocycles. The molecule has 0 fully saturated rings. The van der Waals surface area contributed by atoms with Crippen molar-refractivity contribution in [3.05, 3.63) is 23.2 Å². The highest BCUT2D eigenvalue weighted by Gasteiger charge is 2.02. The second-order valence-corrected chi connectivity index (χ2v) is 3.01. The van der Waals surface area contributed by atoms with Crippen LogP contribution in [-0.4, -0.2) is 16.1 Å². The Bertz CT molecular complexity index is 253. The van der Waals surface area contributed by atoms with Gasteiger partial charge in [0.15, 0.2) is 5.15 Å². The Hall–Kier alpha value is -0.670. The van der Waals surface area contributed by atoms with Gasteiger partial charge in [0, 0.05) is 12.4 Å². The fraction of sp³-hybridized carbons (Fsp3) is 0.500. The maximum Gasteiger partial charge on any atom is 0.152 e. The van der Waals surface area contributed by atoms with Crippen molar-refractivity contribution in [1.29, 1.82) is 0 Å². The predicted molar refractivity (Wildman–Crippen MR) is 47.0 cm³/mol. The van der Waals surface area contributed by atoms with Crippen LogP contribution in [0, 0.1) is 0 Å². The van der Waals surface area contributed by atoms with E-state index in [0.29, 0.717) is 17.5 Å². The van der Waals surface area contributed by atoms with E-state index in [0.717, 1.165) is 0 Å². The van der Waals surface area contributed by atoms with Crippen LogP contribution in [0.2, 0.25) is 5.15 Å². The third-order valence-electron chi connectivity index (χ3n) is 1.28. The van der Waals surface area contributed by atoms with Crippen LogP contribution in [0.15, 0.2) is 12.4 Å². The summed E-state index contributed by atoms with van der Waals surface area (Å²) in [4.78, 5) is 7.91. The van der Waals surface area contributed by atoms with E-state index in [9.17, 15) is 0 Å². The summed E-state index contributed by atoms with van der Waals surface area (Å²) in [6.45, 7) is 4.35. The average molecular weight is 187 g/mol. The van der Waals surface area contributed by atoms with Gasteiger partial charge in [-0.3, -0.25) is 4.98 Å². The van der Waals surface area contributed by atoms with E-state index in [1.807, 2.05) is 13.8 Å². The standard InChI is InChI=1S/C8H11ClN2O/c1-6(2)12-5-7-8(9)11-4-3-10-7/h3-4,6H,5H2,1-2H3. The monoisotopic (exact) mass is 186 g/mol. The second kappa shape index (κ2) is 4.38. The maximum absolute atomic E-state index is 5.75. The number of hydrogen-bond donors (Lipinski definition) is 0. The summed E-state index contributed by atoms with van der Waals surface area (Å²) in [5, 5.41) is 0.415. The molecule has 66 valence electrons. The zero-order valence-electron chi connectivity index (χ0n) is 7.12. The van der Waals surface area contributed by atoms with E-state index >= 15 is 0 Å². The quantitative estimate of drug-likeness (QED) is 0.725. The topological polar surface area (TPSA) is 35.0 Å². The number of rotatable bonds is 3. The first-order valence-corrected chi connectivity index (χ1v) is 4.15. The van der Waals surface area contributed by atoms with E-state index in [2.05, 4.69) is 9.97 Å². The summed E-state index contributed by atoms with van der Waals surface area (Å²) in [7, 11) is 0. The van der Waals surface area contributed by atoms with Gasteiger partial charge in [-0.05, 0) is 13.8 Å². The van der Waals surface area contributed by atoms with Gasteiger partial charge in [-0.1, -0.05) is 11.6 Å². The Morgan fingerprint density at radius 1 is 1.42 bits per heavy atom. The van der Waals surface area contributed by atoms with Crippen LogP contribution in [0.1, 0.15) is 19.5 Å². The zero-order chi connectivity index (χ0) is 8.97. The third kappa shape index (κ3) is 2.75. The molecule has 0 aliphatic heterocycles. The third-order valence-corrected chi connectivity index (χ3v) is 1.59. The largest absolute Gasteiger partial charge is 0.372 e. The van der Waals surface area contributed by atoms with Gasteiger partial charge >= 0.3 is 0 Å². The fourth-order valence-electron chi connectivity index (χ4n) is 0.692. The number of hydrogen-bond acceptors (Lipinski definition) is 3. The van der Waals surface area contributed by atoms with Crippen LogP contribution < -0.4 is 0 Å². The van der Waals surface area contributed by atoms with Gasteiger partial charge in [0.05, 0.1) is 12.7 Å². The minimum Gasteiger partial charge on any atom is -0.372 e. The van der Waals surface area contributed by atoms with E-state index < -0.39 is 0 Å². The molecule has 4 heteroatoms. The van der Waals surface area contributed by atoms with Crippen LogP contribution in [0.25, 0.3) is 0 Å². The summed E-state index contributed by atoms with van der Waals surface area (Å²) in [5.41, 5.74) is 0.688. The summed E-state index contributed by atoms with van der Waals surface area (Å²) in [6.07, 6.45) is 3.34. The van der Waals surface area contributed by atoms with Gasteiger partial charge < -0.3 is 4.74 Å². The fourth-order valence-corrected chi connectivity index (χ4v) is 0.852. The lowest BCUT2D eigenvalue weighted by molar-refractivity contribution is 0.0634. The van der Waals surface area contributed by atoms with Crippen LogP contribution in [0.4, 0.5) is 0 Å². The molecule has 0 atom stereocenters. The average Bonchev–Trinajstić information content (AvgIpc) is 2.03. The van der Waals surface area contributed by atoms with Gasteiger partial charge in [0.1, 0.15) is 5.69 Å². The summed E-state index contributed by atoms with van der Waals surface area (Å²) in [6, 6.07) is 0. The first kappa shape index (κ1) is 9.42. The van der Waals surface area contributed by atoms with Crippen molar-refractivity contribution < 1.29 is 4.74 Å². The number of aromatic nitrogens is 2.